The first-order chi connectivity index (χ1) is 26.3. The number of nitrogens with zero attached hydrogens (tertiary/aromatic N) is 3. The quantitative estimate of drug-likeness (QED) is 0.177. The van der Waals surface area contributed by atoms with Crippen LogP contribution < -0.4 is 0 Å². The van der Waals surface area contributed by atoms with Gasteiger partial charge < -0.3 is 13.7 Å². The monoisotopic (exact) mass is 673 g/mol. The Kier molecular flexibility index (Phi) is 5.77. The number of hydrogen-bond acceptors (Lipinski definition) is 0. The summed E-state index contributed by atoms with van der Waals surface area (Å²) < 4.78 is 7.38. The highest BCUT2D eigenvalue weighted by molar-refractivity contribution is 6.36. The summed E-state index contributed by atoms with van der Waals surface area (Å²) in [5, 5.41) is 12.6. The van der Waals surface area contributed by atoms with Crippen LogP contribution in [0.1, 0.15) is 0 Å². The Morgan fingerprint density at radius 1 is 0.226 bits per heavy atom. The highest BCUT2D eigenvalue weighted by atomic mass is 15.0. The number of para-hydroxylation sites is 4. The van der Waals surface area contributed by atoms with Crippen molar-refractivity contribution in [1.82, 2.24) is 13.7 Å². The summed E-state index contributed by atoms with van der Waals surface area (Å²) in [6, 6.07) is 68.9. The van der Waals surface area contributed by atoms with E-state index in [9.17, 15) is 0 Å². The number of benzene rings is 9. The fourth-order valence-electron chi connectivity index (χ4n) is 9.29. The SMILES string of the molecule is c1ccc(-n2c3ccc4ccccc4c3c3c4c5c6cccc(-n7c8ccccc8c8ccccc87)c6ccc5n(-c5ccccc5)c4ccc32)cc1. The molecule has 9 aromatic carbocycles. The summed E-state index contributed by atoms with van der Waals surface area (Å²) in [7, 11) is 0. The normalized spacial score (nSPS) is 12.2. The van der Waals surface area contributed by atoms with Crippen LogP contribution in [0.25, 0.3) is 104 Å². The van der Waals surface area contributed by atoms with Crippen LogP contribution in [0.2, 0.25) is 0 Å². The fourth-order valence-corrected chi connectivity index (χ4v) is 9.29. The fraction of sp³-hybridized carbons (Fsp3) is 0. The second kappa shape index (κ2) is 10.7. The van der Waals surface area contributed by atoms with Gasteiger partial charge in [0.1, 0.15) is 0 Å². The Balaban J connectivity index is 1.33. The zero-order valence-corrected chi connectivity index (χ0v) is 28.7. The largest absolute Gasteiger partial charge is 0.309 e. The smallest absolute Gasteiger partial charge is 0.0549 e. The zero-order chi connectivity index (χ0) is 34.6. The van der Waals surface area contributed by atoms with Gasteiger partial charge in [0.25, 0.3) is 0 Å². The van der Waals surface area contributed by atoms with Crippen LogP contribution in [0.3, 0.4) is 0 Å². The Morgan fingerprint density at radius 2 is 0.679 bits per heavy atom. The van der Waals surface area contributed by atoms with E-state index >= 15 is 0 Å². The molecule has 3 nitrogen and oxygen atoms in total. The molecular weight excluding hydrogens is 643 g/mol. The lowest BCUT2D eigenvalue weighted by Crippen LogP contribution is -1.96. The average Bonchev–Trinajstić information content (AvgIpc) is 3.87. The van der Waals surface area contributed by atoms with Crippen molar-refractivity contribution in [3.05, 3.63) is 188 Å². The van der Waals surface area contributed by atoms with Crippen molar-refractivity contribution in [2.45, 2.75) is 0 Å². The highest BCUT2D eigenvalue weighted by Gasteiger charge is 2.24. The Bertz CT molecular complexity index is 3380. The molecule has 3 heteroatoms. The van der Waals surface area contributed by atoms with Gasteiger partial charge in [0.15, 0.2) is 0 Å². The topological polar surface area (TPSA) is 14.8 Å². The van der Waals surface area contributed by atoms with E-state index in [1.165, 1.54) is 92.6 Å². The maximum absolute atomic E-state index is 2.47. The van der Waals surface area contributed by atoms with E-state index in [1.54, 1.807) is 0 Å². The van der Waals surface area contributed by atoms with Gasteiger partial charge in [0.2, 0.25) is 0 Å². The molecule has 0 atom stereocenters. The maximum atomic E-state index is 2.47. The van der Waals surface area contributed by atoms with Crippen molar-refractivity contribution in [3.63, 3.8) is 0 Å². The van der Waals surface area contributed by atoms with Crippen molar-refractivity contribution >= 4 is 87.0 Å². The van der Waals surface area contributed by atoms with Crippen LogP contribution in [0, 0.1) is 0 Å². The van der Waals surface area contributed by atoms with Gasteiger partial charge in [0.05, 0.1) is 38.8 Å². The summed E-state index contributed by atoms with van der Waals surface area (Å²) in [4.78, 5) is 0. The molecule has 0 saturated heterocycles. The molecule has 0 fully saturated rings. The first kappa shape index (κ1) is 28.6. The molecule has 0 bridgehead atoms. The van der Waals surface area contributed by atoms with Crippen molar-refractivity contribution in [2.24, 2.45) is 0 Å². The summed E-state index contributed by atoms with van der Waals surface area (Å²) >= 11 is 0. The minimum Gasteiger partial charge on any atom is -0.309 e. The molecule has 0 unspecified atom stereocenters. The molecule has 0 aliphatic rings. The van der Waals surface area contributed by atoms with Gasteiger partial charge in [-0.1, -0.05) is 121 Å². The van der Waals surface area contributed by atoms with E-state index in [0.29, 0.717) is 0 Å². The van der Waals surface area contributed by atoms with E-state index in [1.807, 2.05) is 0 Å². The zero-order valence-electron chi connectivity index (χ0n) is 28.7. The summed E-state index contributed by atoms with van der Waals surface area (Å²) in [5.74, 6) is 0. The van der Waals surface area contributed by atoms with Crippen molar-refractivity contribution in [1.29, 1.82) is 0 Å². The van der Waals surface area contributed by atoms with E-state index in [4.69, 9.17) is 0 Å². The molecule has 0 amide bonds. The lowest BCUT2D eigenvalue weighted by molar-refractivity contribution is 1.17. The molecule has 12 aromatic rings. The number of aromatic nitrogens is 3. The van der Waals surface area contributed by atoms with Crippen LogP contribution in [0.4, 0.5) is 0 Å². The van der Waals surface area contributed by atoms with Gasteiger partial charge in [-0.3, -0.25) is 0 Å². The molecule has 3 aromatic heterocycles. The second-order valence-electron chi connectivity index (χ2n) is 14.1. The molecular formula is C50H31N3. The van der Waals surface area contributed by atoms with Gasteiger partial charge in [-0.25, -0.2) is 0 Å². The minimum absolute atomic E-state index is 1.15. The average molecular weight is 674 g/mol. The lowest BCUT2D eigenvalue weighted by atomic mass is 9.97. The number of fused-ring (bicyclic) bond motifs is 14. The van der Waals surface area contributed by atoms with Crippen LogP contribution >= 0.6 is 0 Å². The lowest BCUT2D eigenvalue weighted by Gasteiger charge is -2.13. The van der Waals surface area contributed by atoms with E-state index in [-0.39, 0.29) is 0 Å². The molecule has 0 radical (unpaired) electrons. The first-order valence-electron chi connectivity index (χ1n) is 18.3. The summed E-state index contributed by atoms with van der Waals surface area (Å²) in [6.07, 6.45) is 0. The van der Waals surface area contributed by atoms with Gasteiger partial charge in [-0.15, -0.1) is 0 Å². The predicted octanol–water partition coefficient (Wildman–Crippen LogP) is 13.3. The molecule has 246 valence electrons. The van der Waals surface area contributed by atoms with Crippen molar-refractivity contribution < 1.29 is 0 Å². The molecule has 0 saturated carbocycles. The van der Waals surface area contributed by atoms with Crippen molar-refractivity contribution in [3.8, 4) is 17.1 Å². The third-order valence-electron chi connectivity index (χ3n) is 11.4. The van der Waals surface area contributed by atoms with Crippen LogP contribution in [-0.4, -0.2) is 13.7 Å². The molecule has 0 spiro atoms. The van der Waals surface area contributed by atoms with Crippen LogP contribution in [-0.2, 0) is 0 Å². The Labute approximate surface area is 304 Å². The third kappa shape index (κ3) is 3.83. The molecule has 0 aliphatic heterocycles. The summed E-state index contributed by atoms with van der Waals surface area (Å²) in [6.45, 7) is 0. The standard InChI is InChI=1S/C50H31N3/c1-3-15-33(16-4-1)51-43-28-26-32-14-7-8-19-35(32)47(43)49-45(51)30-31-46-50(49)48-39-22-13-25-42(38(39)27-29-44(48)52(46)34-17-5-2-6-18-34)53-40-23-11-9-20-36(40)37-21-10-12-24-41(37)53/h1-31H. The van der Waals surface area contributed by atoms with E-state index in [2.05, 4.69) is 202 Å². The number of hydrogen-bond donors (Lipinski definition) is 0. The van der Waals surface area contributed by atoms with Crippen LogP contribution in [0.15, 0.2) is 188 Å². The highest BCUT2D eigenvalue weighted by Crippen LogP contribution is 2.47. The summed E-state index contributed by atoms with van der Waals surface area (Å²) in [5.41, 5.74) is 10.8. The third-order valence-corrected chi connectivity index (χ3v) is 11.4. The molecule has 0 N–H and O–H groups in total. The Morgan fingerprint density at radius 3 is 1.30 bits per heavy atom. The molecule has 12 rings (SSSR count). The van der Waals surface area contributed by atoms with Crippen molar-refractivity contribution in [2.75, 3.05) is 0 Å². The van der Waals surface area contributed by atoms with Crippen LogP contribution in [0.5, 0.6) is 0 Å². The minimum atomic E-state index is 1.15. The Hall–Kier alpha value is -7.10. The van der Waals surface area contributed by atoms with Gasteiger partial charge in [0, 0.05) is 49.1 Å². The van der Waals surface area contributed by atoms with Gasteiger partial charge in [-0.05, 0) is 82.9 Å². The predicted molar refractivity (Wildman–Crippen MR) is 224 cm³/mol. The second-order valence-corrected chi connectivity index (χ2v) is 14.1. The van der Waals surface area contributed by atoms with Gasteiger partial charge >= 0.3 is 0 Å². The molecule has 3 heterocycles. The van der Waals surface area contributed by atoms with E-state index < -0.39 is 0 Å². The molecule has 0 aliphatic carbocycles. The first-order valence-corrected chi connectivity index (χ1v) is 18.3. The van der Waals surface area contributed by atoms with E-state index in [0.717, 1.165) is 11.4 Å². The number of rotatable bonds is 3. The maximum Gasteiger partial charge on any atom is 0.0549 e. The molecule has 53 heavy (non-hydrogen) atoms. The van der Waals surface area contributed by atoms with Gasteiger partial charge in [-0.2, -0.15) is 0 Å².